The zero-order valence-electron chi connectivity index (χ0n) is 14.9. The first-order valence-electron chi connectivity index (χ1n) is 8.24. The van der Waals surface area contributed by atoms with Gasteiger partial charge in [-0.05, 0) is 24.3 Å². The zero-order chi connectivity index (χ0) is 19.6. The third-order valence-corrected chi connectivity index (χ3v) is 6.31. The smallest absolute Gasteiger partial charge is 0.243 e. The molecule has 1 aliphatic heterocycles. The molecule has 1 atom stereocenters. The summed E-state index contributed by atoms with van der Waals surface area (Å²) in [6.07, 6.45) is 6.19. The molecule has 2 heterocycles. The van der Waals surface area contributed by atoms with Crippen molar-refractivity contribution in [1.82, 2.24) is 19.2 Å². The minimum absolute atomic E-state index is 0.0775. The number of piperidine rings is 1. The highest BCUT2D eigenvalue weighted by molar-refractivity contribution is 7.89. The van der Waals surface area contributed by atoms with Gasteiger partial charge in [0.15, 0.2) is 5.78 Å². The normalized spacial score (nSPS) is 20.0. The van der Waals surface area contributed by atoms with E-state index in [-0.39, 0.29) is 23.6 Å². The maximum Gasteiger partial charge on any atom is 0.243 e. The summed E-state index contributed by atoms with van der Waals surface area (Å²) in [5.41, 5.74) is 0.926. The lowest BCUT2D eigenvalue weighted by Gasteiger charge is -2.36. The average molecular weight is 407 g/mol. The number of carbonyl (C=O) groups excluding carboxylic acids is 1. The van der Waals surface area contributed by atoms with E-state index in [0.717, 1.165) is 0 Å². The Morgan fingerprint density at radius 2 is 1.81 bits per heavy atom. The highest BCUT2D eigenvalue weighted by Gasteiger charge is 2.41. The van der Waals surface area contributed by atoms with E-state index in [4.69, 9.17) is 11.6 Å². The molecule has 7 nitrogen and oxygen atoms in total. The van der Waals surface area contributed by atoms with Gasteiger partial charge in [-0.1, -0.05) is 11.6 Å². The van der Waals surface area contributed by atoms with Gasteiger partial charge < -0.3 is 4.90 Å². The summed E-state index contributed by atoms with van der Waals surface area (Å²) in [7, 11) is -0.294. The van der Waals surface area contributed by atoms with Crippen LogP contribution in [-0.2, 0) is 14.8 Å². The Labute approximate surface area is 163 Å². The van der Waals surface area contributed by atoms with Crippen LogP contribution >= 0.6 is 11.6 Å². The number of benzene rings is 1. The van der Waals surface area contributed by atoms with Crippen LogP contribution in [0.25, 0.3) is 0 Å². The number of aromatic nitrogens is 2. The number of ketones is 1. The van der Waals surface area contributed by atoms with Crippen molar-refractivity contribution in [1.29, 1.82) is 0 Å². The van der Waals surface area contributed by atoms with Crippen molar-refractivity contribution >= 4 is 27.4 Å². The van der Waals surface area contributed by atoms with Crippen molar-refractivity contribution in [2.75, 3.05) is 20.6 Å². The molecule has 1 aliphatic rings. The molecule has 1 unspecified atom stereocenters. The Hall–Kier alpha value is -2.29. The molecular formula is C18H19ClN4O3S. The Balaban J connectivity index is 2.14. The van der Waals surface area contributed by atoms with Crippen LogP contribution in [-0.4, -0.2) is 54.0 Å². The van der Waals surface area contributed by atoms with Crippen LogP contribution in [0.15, 0.2) is 59.7 Å². The third kappa shape index (κ3) is 4.02. The highest BCUT2D eigenvalue weighted by atomic mass is 35.5. The molecule has 1 fully saturated rings. The maximum atomic E-state index is 13.3. The van der Waals surface area contributed by atoms with Gasteiger partial charge in [-0.2, -0.15) is 4.31 Å². The summed E-state index contributed by atoms with van der Waals surface area (Å²) < 4.78 is 27.9. The van der Waals surface area contributed by atoms with E-state index in [1.54, 1.807) is 25.2 Å². The first-order chi connectivity index (χ1) is 12.8. The lowest BCUT2D eigenvalue weighted by molar-refractivity contribution is -0.117. The quantitative estimate of drug-likeness (QED) is 0.724. The van der Waals surface area contributed by atoms with Crippen LogP contribution in [0.4, 0.5) is 0 Å². The first-order valence-corrected chi connectivity index (χ1v) is 10.1. The van der Waals surface area contributed by atoms with E-state index in [9.17, 15) is 13.2 Å². The predicted molar refractivity (Wildman–Crippen MR) is 102 cm³/mol. The number of hydrogen-bond acceptors (Lipinski definition) is 6. The fraction of sp³-hybridized carbons (Fsp3) is 0.278. The van der Waals surface area contributed by atoms with Gasteiger partial charge in [0, 0.05) is 61.8 Å². The van der Waals surface area contributed by atoms with Gasteiger partial charge in [0.25, 0.3) is 0 Å². The van der Waals surface area contributed by atoms with Crippen LogP contribution in [0.5, 0.6) is 0 Å². The summed E-state index contributed by atoms with van der Waals surface area (Å²) in [6, 6.07) is 5.18. The summed E-state index contributed by atoms with van der Waals surface area (Å²) in [4.78, 5) is 22.4. The van der Waals surface area contributed by atoms with Crippen molar-refractivity contribution in [3.05, 3.63) is 65.3 Å². The Bertz CT molecular complexity index is 960. The van der Waals surface area contributed by atoms with Crippen LogP contribution in [0.1, 0.15) is 18.0 Å². The molecule has 27 heavy (non-hydrogen) atoms. The molecule has 1 aromatic heterocycles. The Morgan fingerprint density at radius 3 is 2.41 bits per heavy atom. The largest absolute Gasteiger partial charge is 0.383 e. The molecule has 1 saturated heterocycles. The van der Waals surface area contributed by atoms with Gasteiger partial charge in [-0.3, -0.25) is 4.79 Å². The van der Waals surface area contributed by atoms with E-state index in [1.165, 1.54) is 47.3 Å². The van der Waals surface area contributed by atoms with Crippen molar-refractivity contribution < 1.29 is 13.2 Å². The van der Waals surface area contributed by atoms with E-state index in [2.05, 4.69) is 9.97 Å². The van der Waals surface area contributed by atoms with Gasteiger partial charge in [-0.25, -0.2) is 18.4 Å². The zero-order valence-corrected chi connectivity index (χ0v) is 16.5. The molecule has 0 radical (unpaired) electrons. The summed E-state index contributed by atoms with van der Waals surface area (Å²) in [5, 5.41) is 0.448. The lowest BCUT2D eigenvalue weighted by Crippen LogP contribution is -2.43. The van der Waals surface area contributed by atoms with Crippen LogP contribution < -0.4 is 0 Å². The fourth-order valence-corrected chi connectivity index (χ4v) is 4.73. The molecule has 142 valence electrons. The number of hydrogen-bond donors (Lipinski definition) is 0. The summed E-state index contributed by atoms with van der Waals surface area (Å²) >= 11 is 5.89. The van der Waals surface area contributed by atoms with Gasteiger partial charge in [0.05, 0.1) is 10.9 Å². The first kappa shape index (κ1) is 19.5. The SMILES string of the molecule is CN(C)C=C1C(=O)CCN(S(=O)(=O)c2ccc(Cl)cc2)C1c1cncnc1. The van der Waals surface area contributed by atoms with Crippen molar-refractivity contribution in [3.8, 4) is 0 Å². The Morgan fingerprint density at radius 1 is 1.19 bits per heavy atom. The van der Waals surface area contributed by atoms with Gasteiger partial charge in [0.2, 0.25) is 10.0 Å². The van der Waals surface area contributed by atoms with Gasteiger partial charge in [-0.15, -0.1) is 0 Å². The minimum atomic E-state index is -3.86. The maximum absolute atomic E-state index is 13.3. The standard InChI is InChI=1S/C18H19ClN4O3S/c1-22(2)11-16-17(24)7-8-23(18(16)13-9-20-12-21-10-13)27(25,26)15-5-3-14(19)4-6-15/h3-6,9-12,18H,7-8H2,1-2H3. The van der Waals surface area contributed by atoms with Crippen LogP contribution in [0.3, 0.4) is 0 Å². The van der Waals surface area contributed by atoms with Crippen LogP contribution in [0.2, 0.25) is 5.02 Å². The molecule has 0 amide bonds. The van der Waals surface area contributed by atoms with Crippen molar-refractivity contribution in [3.63, 3.8) is 0 Å². The highest BCUT2D eigenvalue weighted by Crippen LogP contribution is 2.37. The van der Waals surface area contributed by atoms with E-state index in [1.807, 2.05) is 0 Å². The summed E-state index contributed by atoms with van der Waals surface area (Å²) in [5.74, 6) is -0.0971. The fourth-order valence-electron chi connectivity index (χ4n) is 3.01. The van der Waals surface area contributed by atoms with Crippen LogP contribution in [0, 0.1) is 0 Å². The molecule has 3 rings (SSSR count). The number of Topliss-reactive ketones (excluding diaryl/α,β-unsaturated/α-hetero) is 1. The molecule has 0 saturated carbocycles. The molecular weight excluding hydrogens is 388 g/mol. The number of halogens is 1. The van der Waals surface area contributed by atoms with Crippen molar-refractivity contribution in [2.24, 2.45) is 0 Å². The third-order valence-electron chi connectivity index (χ3n) is 4.18. The number of carbonyl (C=O) groups is 1. The predicted octanol–water partition coefficient (Wildman–Crippen LogP) is 2.28. The monoisotopic (exact) mass is 406 g/mol. The second kappa shape index (κ2) is 7.75. The Kier molecular flexibility index (Phi) is 5.59. The molecule has 0 bridgehead atoms. The minimum Gasteiger partial charge on any atom is -0.383 e. The van der Waals surface area contributed by atoms with Crippen molar-refractivity contribution in [2.45, 2.75) is 17.4 Å². The molecule has 0 N–H and O–H groups in total. The number of rotatable bonds is 4. The van der Waals surface area contributed by atoms with Gasteiger partial charge in [0.1, 0.15) is 6.33 Å². The summed E-state index contributed by atoms with van der Waals surface area (Å²) in [6.45, 7) is 0.0775. The van der Waals surface area contributed by atoms with E-state index >= 15 is 0 Å². The average Bonchev–Trinajstić information content (AvgIpc) is 2.64. The number of sulfonamides is 1. The van der Waals surface area contributed by atoms with Gasteiger partial charge >= 0.3 is 0 Å². The lowest BCUT2D eigenvalue weighted by atomic mass is 9.93. The molecule has 9 heteroatoms. The van der Waals surface area contributed by atoms with E-state index < -0.39 is 16.1 Å². The molecule has 0 aliphatic carbocycles. The molecule has 2 aromatic rings. The second-order valence-electron chi connectivity index (χ2n) is 6.37. The van der Waals surface area contributed by atoms with E-state index in [0.29, 0.717) is 16.2 Å². The number of nitrogens with zero attached hydrogens (tertiary/aromatic N) is 4. The topological polar surface area (TPSA) is 83.5 Å². The molecule has 1 aromatic carbocycles. The second-order valence-corrected chi connectivity index (χ2v) is 8.69. The molecule has 0 spiro atoms.